The van der Waals surface area contributed by atoms with Crippen LogP contribution in [0.5, 0.6) is 0 Å². The summed E-state index contributed by atoms with van der Waals surface area (Å²) in [5.41, 5.74) is 1.59. The van der Waals surface area contributed by atoms with Crippen LogP contribution in [0.15, 0.2) is 6.33 Å². The molecule has 1 fully saturated rings. The van der Waals surface area contributed by atoms with E-state index in [9.17, 15) is 9.90 Å². The summed E-state index contributed by atoms with van der Waals surface area (Å²) in [4.78, 5) is 23.2. The Morgan fingerprint density at radius 2 is 1.95 bits per heavy atom. The molecule has 2 rings (SSSR count). The van der Waals surface area contributed by atoms with Crippen LogP contribution in [-0.2, 0) is 4.79 Å². The molecular weight excluding hydrogens is 256 g/mol. The third kappa shape index (κ3) is 3.02. The standard InChI is InChI=1S/C14H24N4O2/c1-10-11(16-9-15-10)12(13(19)20)17-5-7-18(8-6-17)14(2,3)4/h9,12H,5-8H2,1-4H3,(H,15,16)(H,19,20). The number of H-pyrrole nitrogens is 1. The number of carboxylic acids is 1. The van der Waals surface area contributed by atoms with Crippen molar-refractivity contribution in [2.45, 2.75) is 39.3 Å². The van der Waals surface area contributed by atoms with E-state index in [1.165, 1.54) is 0 Å². The highest BCUT2D eigenvalue weighted by Crippen LogP contribution is 2.25. The summed E-state index contributed by atoms with van der Waals surface area (Å²) in [7, 11) is 0. The molecule has 0 radical (unpaired) electrons. The Labute approximate surface area is 119 Å². The fourth-order valence-corrected chi connectivity index (χ4v) is 2.74. The number of imidazole rings is 1. The van der Waals surface area contributed by atoms with Crippen molar-refractivity contribution >= 4 is 5.97 Å². The van der Waals surface area contributed by atoms with Crippen LogP contribution in [-0.4, -0.2) is 62.6 Å². The Morgan fingerprint density at radius 1 is 1.35 bits per heavy atom. The van der Waals surface area contributed by atoms with Crippen molar-refractivity contribution in [3.05, 3.63) is 17.7 Å². The average molecular weight is 280 g/mol. The van der Waals surface area contributed by atoms with Crippen LogP contribution in [0.1, 0.15) is 38.2 Å². The van der Waals surface area contributed by atoms with Crippen LogP contribution in [0, 0.1) is 6.92 Å². The van der Waals surface area contributed by atoms with E-state index < -0.39 is 12.0 Å². The fraction of sp³-hybridized carbons (Fsp3) is 0.714. The minimum atomic E-state index is -0.829. The van der Waals surface area contributed by atoms with Gasteiger partial charge in [0.15, 0.2) is 6.04 Å². The number of aromatic amines is 1. The number of carboxylic acid groups (broad SMARTS) is 1. The predicted molar refractivity (Wildman–Crippen MR) is 76.6 cm³/mol. The van der Waals surface area contributed by atoms with Crippen molar-refractivity contribution in [2.75, 3.05) is 26.2 Å². The number of hydrogen-bond acceptors (Lipinski definition) is 4. The monoisotopic (exact) mass is 280 g/mol. The highest BCUT2D eigenvalue weighted by Gasteiger charge is 2.34. The quantitative estimate of drug-likeness (QED) is 0.872. The van der Waals surface area contributed by atoms with Crippen LogP contribution in [0.3, 0.4) is 0 Å². The topological polar surface area (TPSA) is 72.5 Å². The molecule has 0 saturated carbocycles. The van der Waals surface area contributed by atoms with E-state index in [0.717, 1.165) is 31.9 Å². The van der Waals surface area contributed by atoms with Gasteiger partial charge < -0.3 is 10.1 Å². The van der Waals surface area contributed by atoms with Gasteiger partial charge in [0.25, 0.3) is 0 Å². The van der Waals surface area contributed by atoms with Crippen LogP contribution in [0.25, 0.3) is 0 Å². The zero-order chi connectivity index (χ0) is 14.9. The molecule has 0 aromatic carbocycles. The van der Waals surface area contributed by atoms with Gasteiger partial charge in [-0.2, -0.15) is 0 Å². The number of aromatic nitrogens is 2. The maximum absolute atomic E-state index is 11.6. The summed E-state index contributed by atoms with van der Waals surface area (Å²) < 4.78 is 0. The lowest BCUT2D eigenvalue weighted by Crippen LogP contribution is -2.54. The second-order valence-corrected chi connectivity index (χ2v) is 6.35. The van der Waals surface area contributed by atoms with Crippen LogP contribution in [0.4, 0.5) is 0 Å². The molecule has 1 aliphatic heterocycles. The first-order valence-corrected chi connectivity index (χ1v) is 7.02. The van der Waals surface area contributed by atoms with E-state index in [0.29, 0.717) is 5.69 Å². The Bertz CT molecular complexity index is 470. The van der Waals surface area contributed by atoms with Crippen molar-refractivity contribution in [1.82, 2.24) is 19.8 Å². The SMILES string of the molecule is Cc1[nH]cnc1C(C(=O)O)N1CCN(C(C)(C)C)CC1. The number of piperazine rings is 1. The second-order valence-electron chi connectivity index (χ2n) is 6.35. The molecule has 1 aliphatic rings. The molecule has 1 atom stereocenters. The van der Waals surface area contributed by atoms with Gasteiger partial charge in [0.1, 0.15) is 0 Å². The molecule has 2 N–H and O–H groups in total. The van der Waals surface area contributed by atoms with E-state index in [2.05, 4.69) is 35.6 Å². The van der Waals surface area contributed by atoms with Gasteiger partial charge >= 0.3 is 5.97 Å². The third-order valence-electron chi connectivity index (χ3n) is 3.99. The van der Waals surface area contributed by atoms with Crippen molar-refractivity contribution in [3.8, 4) is 0 Å². The maximum atomic E-state index is 11.6. The van der Waals surface area contributed by atoms with E-state index >= 15 is 0 Å². The summed E-state index contributed by atoms with van der Waals surface area (Å²) in [6.45, 7) is 11.7. The molecule has 1 unspecified atom stereocenters. The minimum Gasteiger partial charge on any atom is -0.480 e. The van der Waals surface area contributed by atoms with Gasteiger partial charge in [0.05, 0.1) is 12.0 Å². The summed E-state index contributed by atoms with van der Waals surface area (Å²) in [5, 5.41) is 9.54. The van der Waals surface area contributed by atoms with Crippen molar-refractivity contribution in [2.24, 2.45) is 0 Å². The Balaban J connectivity index is 2.11. The van der Waals surface area contributed by atoms with Gasteiger partial charge in [-0.3, -0.25) is 14.6 Å². The molecule has 0 amide bonds. The molecule has 112 valence electrons. The van der Waals surface area contributed by atoms with Gasteiger partial charge in [-0.25, -0.2) is 4.98 Å². The molecule has 1 aromatic heterocycles. The summed E-state index contributed by atoms with van der Waals surface area (Å²) in [6, 6.07) is -0.650. The molecule has 1 aromatic rings. The number of rotatable bonds is 3. The van der Waals surface area contributed by atoms with Gasteiger partial charge in [0, 0.05) is 37.4 Å². The molecular formula is C14H24N4O2. The van der Waals surface area contributed by atoms with E-state index in [1.807, 2.05) is 11.8 Å². The van der Waals surface area contributed by atoms with Crippen molar-refractivity contribution in [1.29, 1.82) is 0 Å². The van der Waals surface area contributed by atoms with Crippen molar-refractivity contribution < 1.29 is 9.90 Å². The number of nitrogens with zero attached hydrogens (tertiary/aromatic N) is 3. The van der Waals surface area contributed by atoms with Gasteiger partial charge in [0.2, 0.25) is 0 Å². The molecule has 6 nitrogen and oxygen atoms in total. The molecule has 2 heterocycles. The predicted octanol–water partition coefficient (Wildman–Crippen LogP) is 1.26. The highest BCUT2D eigenvalue weighted by atomic mass is 16.4. The first kappa shape index (κ1) is 15.0. The molecule has 20 heavy (non-hydrogen) atoms. The maximum Gasteiger partial charge on any atom is 0.327 e. The summed E-state index contributed by atoms with van der Waals surface area (Å²) in [6.07, 6.45) is 1.56. The first-order valence-electron chi connectivity index (χ1n) is 7.02. The minimum absolute atomic E-state index is 0.132. The summed E-state index contributed by atoms with van der Waals surface area (Å²) >= 11 is 0. The van der Waals surface area contributed by atoms with Crippen molar-refractivity contribution in [3.63, 3.8) is 0 Å². The van der Waals surface area contributed by atoms with Gasteiger partial charge in [-0.1, -0.05) is 0 Å². The Hall–Kier alpha value is -1.40. The first-order chi connectivity index (χ1) is 9.30. The summed E-state index contributed by atoms with van der Waals surface area (Å²) in [5.74, 6) is -0.829. The fourth-order valence-electron chi connectivity index (χ4n) is 2.74. The van der Waals surface area contributed by atoms with E-state index in [-0.39, 0.29) is 5.54 Å². The number of hydrogen-bond donors (Lipinski definition) is 2. The normalized spacial score (nSPS) is 20.0. The Morgan fingerprint density at radius 3 is 2.35 bits per heavy atom. The lowest BCUT2D eigenvalue weighted by Gasteiger charge is -2.43. The molecule has 0 spiro atoms. The van der Waals surface area contributed by atoms with Crippen LogP contribution in [0.2, 0.25) is 0 Å². The number of carbonyl (C=O) groups is 1. The molecule has 6 heteroatoms. The van der Waals surface area contributed by atoms with E-state index in [1.54, 1.807) is 6.33 Å². The largest absolute Gasteiger partial charge is 0.480 e. The van der Waals surface area contributed by atoms with E-state index in [4.69, 9.17) is 0 Å². The zero-order valence-corrected chi connectivity index (χ0v) is 12.7. The molecule has 0 aliphatic carbocycles. The number of aliphatic carboxylic acids is 1. The van der Waals surface area contributed by atoms with Crippen LogP contribution >= 0.6 is 0 Å². The molecule has 0 bridgehead atoms. The lowest BCUT2D eigenvalue weighted by molar-refractivity contribution is -0.144. The Kier molecular flexibility index (Phi) is 4.15. The highest BCUT2D eigenvalue weighted by molar-refractivity contribution is 5.75. The molecule has 1 saturated heterocycles. The average Bonchev–Trinajstić information content (AvgIpc) is 2.75. The smallest absolute Gasteiger partial charge is 0.327 e. The van der Waals surface area contributed by atoms with Gasteiger partial charge in [-0.15, -0.1) is 0 Å². The zero-order valence-electron chi connectivity index (χ0n) is 12.7. The number of aryl methyl sites for hydroxylation is 1. The number of nitrogens with one attached hydrogen (secondary N) is 1. The van der Waals surface area contributed by atoms with Crippen LogP contribution < -0.4 is 0 Å². The van der Waals surface area contributed by atoms with Gasteiger partial charge in [-0.05, 0) is 27.7 Å². The third-order valence-corrected chi connectivity index (χ3v) is 3.99. The second kappa shape index (κ2) is 5.54. The lowest BCUT2D eigenvalue weighted by atomic mass is 10.0.